The number of hydrogen-bond donors (Lipinski definition) is 0. The zero-order valence-corrected chi connectivity index (χ0v) is 28.0. The molecule has 5 aliphatic rings. The number of alkyl halides is 3. The van der Waals surface area contributed by atoms with Crippen LogP contribution in [0.15, 0.2) is 18.3 Å². The van der Waals surface area contributed by atoms with Crippen molar-refractivity contribution in [1.82, 2.24) is 9.97 Å². The summed E-state index contributed by atoms with van der Waals surface area (Å²) >= 11 is 0. The Morgan fingerprint density at radius 3 is 2.20 bits per heavy atom. The molecule has 248 valence electrons. The summed E-state index contributed by atoms with van der Waals surface area (Å²) in [5.41, 5.74) is 4.84. The zero-order valence-electron chi connectivity index (χ0n) is 27.2. The van der Waals surface area contributed by atoms with Gasteiger partial charge in [-0.2, -0.15) is 13.2 Å². The highest BCUT2D eigenvalue weighted by molar-refractivity contribution is 8.29. The van der Waals surface area contributed by atoms with Crippen molar-refractivity contribution in [2.75, 3.05) is 38.9 Å². The molecule has 6 nitrogen and oxygen atoms in total. The molecule has 2 saturated heterocycles. The third kappa shape index (κ3) is 5.54. The van der Waals surface area contributed by atoms with E-state index in [0.717, 1.165) is 54.9 Å². The summed E-state index contributed by atoms with van der Waals surface area (Å²) < 4.78 is 66.8. The highest BCUT2D eigenvalue weighted by Gasteiger charge is 2.55. The molecular weight excluding hydrogens is 601 g/mol. The van der Waals surface area contributed by atoms with Crippen LogP contribution in [0.3, 0.4) is 0 Å². The molecule has 2 spiro atoms. The van der Waals surface area contributed by atoms with Crippen molar-refractivity contribution in [3.8, 4) is 0 Å². The maximum atomic E-state index is 13.6. The third-order valence-corrected chi connectivity index (χ3v) is 15.1. The summed E-state index contributed by atoms with van der Waals surface area (Å²) in [5, 5.41) is 0. The number of pyridine rings is 2. The first-order valence-electron chi connectivity index (χ1n) is 16.6. The van der Waals surface area contributed by atoms with Crippen molar-refractivity contribution in [3.63, 3.8) is 0 Å². The standard InChI is InChI=1S/C35H47F3N2O4S/c1-32(2,3)45(4,5)44-26-20-33(11-6-12-33)19-25-27(26)29-28(30(40-25)22-9-15-41-16-10-22)31(43-34(29)13-17-42-18-14-34)24-8-7-23(21-39-24)35(36,37)38/h7-8,21-22,26,31H,6,9-20H2,1-5H3/t26?,31-/m1/s1. The second-order valence-electron chi connectivity index (χ2n) is 15.3. The molecule has 2 aromatic heterocycles. The summed E-state index contributed by atoms with van der Waals surface area (Å²) in [4.78, 5) is 10.00. The molecule has 10 heteroatoms. The van der Waals surface area contributed by atoms with E-state index in [1.807, 2.05) is 0 Å². The maximum absolute atomic E-state index is 13.6. The summed E-state index contributed by atoms with van der Waals surface area (Å²) in [7, 11) is -1.48. The summed E-state index contributed by atoms with van der Waals surface area (Å²) in [6.07, 6.45) is 8.88. The van der Waals surface area contributed by atoms with Crippen molar-refractivity contribution in [3.05, 3.63) is 57.7 Å². The van der Waals surface area contributed by atoms with Crippen LogP contribution in [-0.4, -0.2) is 53.7 Å². The van der Waals surface area contributed by atoms with Gasteiger partial charge in [0.1, 0.15) is 6.10 Å². The topological polar surface area (TPSA) is 62.7 Å². The van der Waals surface area contributed by atoms with Crippen molar-refractivity contribution in [2.45, 2.75) is 113 Å². The average Bonchev–Trinajstić information content (AvgIpc) is 3.29. The van der Waals surface area contributed by atoms with E-state index >= 15 is 0 Å². The van der Waals surface area contributed by atoms with Gasteiger partial charge in [-0.05, 0) is 74.1 Å². The quantitative estimate of drug-likeness (QED) is 0.332. The predicted octanol–water partition coefficient (Wildman–Crippen LogP) is 8.47. The smallest absolute Gasteiger partial charge is 0.381 e. The number of fused-ring (bicyclic) bond motifs is 4. The van der Waals surface area contributed by atoms with Crippen molar-refractivity contribution < 1.29 is 31.6 Å². The summed E-state index contributed by atoms with van der Waals surface area (Å²) in [5.74, 6) is 0.184. The molecule has 3 fully saturated rings. The molecule has 3 aliphatic heterocycles. The van der Waals surface area contributed by atoms with Gasteiger partial charge < -0.3 is 18.4 Å². The van der Waals surface area contributed by atoms with E-state index in [1.165, 1.54) is 36.5 Å². The van der Waals surface area contributed by atoms with Gasteiger partial charge in [0, 0.05) is 73.0 Å². The predicted molar refractivity (Wildman–Crippen MR) is 169 cm³/mol. The minimum Gasteiger partial charge on any atom is -0.381 e. The average molecular weight is 649 g/mol. The summed E-state index contributed by atoms with van der Waals surface area (Å²) in [6.45, 7) is 9.24. The number of rotatable bonds is 4. The van der Waals surface area contributed by atoms with Gasteiger partial charge in [-0.25, -0.2) is 0 Å². The molecule has 1 saturated carbocycles. The number of halogens is 3. The Hall–Kier alpha value is -1.72. The number of ether oxygens (including phenoxy) is 3. The molecule has 0 aromatic carbocycles. The molecule has 1 unspecified atom stereocenters. The fourth-order valence-electron chi connectivity index (χ4n) is 8.05. The monoisotopic (exact) mass is 648 g/mol. The van der Waals surface area contributed by atoms with Gasteiger partial charge in [-0.15, -0.1) is 10.3 Å². The Morgan fingerprint density at radius 2 is 1.62 bits per heavy atom. The van der Waals surface area contributed by atoms with Crippen LogP contribution >= 0.6 is 10.3 Å². The van der Waals surface area contributed by atoms with Crippen LogP contribution in [0, 0.1) is 5.41 Å². The summed E-state index contributed by atoms with van der Waals surface area (Å²) in [6, 6.07) is 2.62. The van der Waals surface area contributed by atoms with Gasteiger partial charge in [0.05, 0.1) is 28.7 Å². The first kappa shape index (κ1) is 31.9. The lowest BCUT2D eigenvalue weighted by atomic mass is 9.58. The highest BCUT2D eigenvalue weighted by atomic mass is 32.3. The van der Waals surface area contributed by atoms with Gasteiger partial charge in [-0.3, -0.25) is 9.97 Å². The van der Waals surface area contributed by atoms with E-state index in [4.69, 9.17) is 23.4 Å². The number of nitrogens with zero attached hydrogens (tertiary/aromatic N) is 2. The second-order valence-corrected chi connectivity index (χ2v) is 19.2. The number of aromatic nitrogens is 2. The molecule has 5 heterocycles. The number of hydrogen-bond acceptors (Lipinski definition) is 6. The van der Waals surface area contributed by atoms with Crippen LogP contribution in [0.25, 0.3) is 0 Å². The molecule has 2 atom stereocenters. The molecular formula is C35H47F3N2O4S. The molecule has 2 aliphatic carbocycles. The fourth-order valence-corrected chi connectivity index (χ4v) is 9.08. The van der Waals surface area contributed by atoms with E-state index in [1.54, 1.807) is 0 Å². The van der Waals surface area contributed by atoms with Crippen LogP contribution < -0.4 is 0 Å². The largest absolute Gasteiger partial charge is 0.417 e. The first-order chi connectivity index (χ1) is 21.2. The maximum Gasteiger partial charge on any atom is 0.417 e. The third-order valence-electron chi connectivity index (χ3n) is 11.5. The lowest BCUT2D eigenvalue weighted by molar-refractivity contribution is -0.138. The second kappa shape index (κ2) is 11.2. The molecule has 0 bridgehead atoms. The Bertz CT molecular complexity index is 1420. The van der Waals surface area contributed by atoms with E-state index in [9.17, 15) is 13.2 Å². The Balaban J connectivity index is 1.46. The van der Waals surface area contributed by atoms with Gasteiger partial charge in [0.15, 0.2) is 0 Å². The normalized spacial score (nSPS) is 26.8. The lowest BCUT2D eigenvalue weighted by Gasteiger charge is -2.53. The molecule has 45 heavy (non-hydrogen) atoms. The van der Waals surface area contributed by atoms with Crippen LogP contribution in [-0.2, 0) is 36.6 Å². The van der Waals surface area contributed by atoms with Crippen LogP contribution in [0.5, 0.6) is 0 Å². The van der Waals surface area contributed by atoms with Crippen LogP contribution in [0.4, 0.5) is 13.2 Å². The molecule has 0 radical (unpaired) electrons. The van der Waals surface area contributed by atoms with Crippen LogP contribution in [0.1, 0.15) is 130 Å². The molecule has 7 rings (SSSR count). The van der Waals surface area contributed by atoms with E-state index in [-0.39, 0.29) is 22.2 Å². The van der Waals surface area contributed by atoms with Crippen molar-refractivity contribution >= 4 is 10.3 Å². The zero-order chi connectivity index (χ0) is 31.8. The molecule has 0 N–H and O–H groups in total. The first-order valence-corrected chi connectivity index (χ1v) is 18.9. The van der Waals surface area contributed by atoms with Crippen LogP contribution in [0.2, 0.25) is 0 Å². The Kier molecular flexibility index (Phi) is 7.91. The van der Waals surface area contributed by atoms with E-state index in [0.29, 0.717) is 45.0 Å². The Labute approximate surface area is 266 Å². The minimum absolute atomic E-state index is 0.0183. The SMILES string of the molecule is CC(C)(C)S(C)(C)OC1CC2(CCC2)Cc2nc(C3CCOCC3)c3c(c21)C1(CCOCC1)O[C@@H]3c1ccc(C(F)(F)F)cn1. The molecule has 2 aromatic rings. The molecule has 0 amide bonds. The van der Waals surface area contributed by atoms with Crippen molar-refractivity contribution in [2.24, 2.45) is 5.41 Å². The minimum atomic E-state index is -4.46. The van der Waals surface area contributed by atoms with Gasteiger partial charge >= 0.3 is 6.18 Å². The van der Waals surface area contributed by atoms with E-state index < -0.39 is 33.8 Å². The fraction of sp³-hybridized carbons (Fsp3) is 0.714. The van der Waals surface area contributed by atoms with Gasteiger partial charge in [0.2, 0.25) is 0 Å². The van der Waals surface area contributed by atoms with Gasteiger partial charge in [0.25, 0.3) is 0 Å². The Morgan fingerprint density at radius 1 is 0.933 bits per heavy atom. The highest BCUT2D eigenvalue weighted by Crippen LogP contribution is 2.65. The van der Waals surface area contributed by atoms with E-state index in [2.05, 4.69) is 38.3 Å². The van der Waals surface area contributed by atoms with Crippen molar-refractivity contribution in [1.29, 1.82) is 0 Å². The lowest BCUT2D eigenvalue weighted by Crippen LogP contribution is -2.42. The van der Waals surface area contributed by atoms with Gasteiger partial charge in [-0.1, -0.05) is 27.2 Å².